The molecule has 3 nitrogen and oxygen atoms in total. The summed E-state index contributed by atoms with van der Waals surface area (Å²) in [7, 11) is 1.45. The molecule has 1 heterocycles. The predicted octanol–water partition coefficient (Wildman–Crippen LogP) is 5.87. The number of methoxy groups -OCH3 is 1. The minimum Gasteiger partial charge on any atom is -0.469 e. The van der Waals surface area contributed by atoms with Crippen LogP contribution in [0.3, 0.4) is 0 Å². The molecule has 3 atom stereocenters. The van der Waals surface area contributed by atoms with E-state index in [0.717, 1.165) is 25.9 Å². The highest BCUT2D eigenvalue weighted by molar-refractivity contribution is 6.20. The lowest BCUT2D eigenvalue weighted by molar-refractivity contribution is -0.140. The van der Waals surface area contributed by atoms with Gasteiger partial charge in [0.2, 0.25) is 0 Å². The average molecular weight is 361 g/mol. The van der Waals surface area contributed by atoms with Crippen LogP contribution in [0.4, 0.5) is 0 Å². The van der Waals surface area contributed by atoms with Crippen LogP contribution < -0.4 is 0 Å². The van der Waals surface area contributed by atoms with Crippen LogP contribution in [0.15, 0.2) is 0 Å². The second-order valence-electron chi connectivity index (χ2n) is 7.20. The number of unbranched alkanes of at least 4 members (excludes halogenated alkanes) is 7. The Morgan fingerprint density at radius 1 is 1.04 bits per heavy atom. The smallest absolute Gasteiger partial charge is 0.305 e. The van der Waals surface area contributed by atoms with Gasteiger partial charge >= 0.3 is 5.97 Å². The van der Waals surface area contributed by atoms with E-state index in [1.54, 1.807) is 0 Å². The van der Waals surface area contributed by atoms with Crippen molar-refractivity contribution < 1.29 is 14.3 Å². The normalized spacial score (nSPS) is 24.0. The molecule has 0 aromatic carbocycles. The Kier molecular flexibility index (Phi) is 12.6. The Balaban J connectivity index is 2.00. The van der Waals surface area contributed by atoms with Crippen LogP contribution in [0, 0.1) is 5.92 Å². The van der Waals surface area contributed by atoms with Crippen molar-refractivity contribution in [2.24, 2.45) is 5.92 Å². The number of rotatable bonds is 13. The first-order valence-corrected chi connectivity index (χ1v) is 10.4. The first-order chi connectivity index (χ1) is 11.7. The summed E-state index contributed by atoms with van der Waals surface area (Å²) >= 11 is 6.60. The van der Waals surface area contributed by atoms with Crippen molar-refractivity contribution in [3.63, 3.8) is 0 Å². The molecule has 24 heavy (non-hydrogen) atoms. The molecule has 4 heteroatoms. The van der Waals surface area contributed by atoms with Crippen LogP contribution in [0.2, 0.25) is 0 Å². The second kappa shape index (κ2) is 13.9. The molecule has 142 valence electrons. The first-order valence-electron chi connectivity index (χ1n) is 9.99. The van der Waals surface area contributed by atoms with Crippen molar-refractivity contribution in [1.82, 2.24) is 0 Å². The highest BCUT2D eigenvalue weighted by Crippen LogP contribution is 2.30. The summed E-state index contributed by atoms with van der Waals surface area (Å²) in [6.07, 6.45) is 15.2. The third kappa shape index (κ3) is 9.88. The van der Waals surface area contributed by atoms with Gasteiger partial charge in [0.1, 0.15) is 0 Å². The molecule has 0 N–H and O–H groups in total. The molecule has 1 rings (SSSR count). The fourth-order valence-corrected chi connectivity index (χ4v) is 3.85. The van der Waals surface area contributed by atoms with Gasteiger partial charge in [0.15, 0.2) is 0 Å². The van der Waals surface area contributed by atoms with Crippen LogP contribution in [-0.2, 0) is 14.3 Å². The number of carbonyl (C=O) groups excluding carboxylic acids is 1. The Labute approximate surface area is 153 Å². The Bertz CT molecular complexity index is 322. The van der Waals surface area contributed by atoms with Gasteiger partial charge in [-0.15, -0.1) is 11.6 Å². The molecule has 0 radical (unpaired) electrons. The average Bonchev–Trinajstić information content (AvgIpc) is 2.59. The summed E-state index contributed by atoms with van der Waals surface area (Å²) in [5.74, 6) is 0.428. The molecule has 0 spiro atoms. The van der Waals surface area contributed by atoms with Crippen molar-refractivity contribution in [1.29, 1.82) is 0 Å². The van der Waals surface area contributed by atoms with Crippen molar-refractivity contribution in [2.75, 3.05) is 13.7 Å². The molecule has 1 aliphatic heterocycles. The molecule has 0 amide bonds. The number of carbonyl (C=O) groups is 1. The van der Waals surface area contributed by atoms with Gasteiger partial charge in [0.25, 0.3) is 0 Å². The quantitative estimate of drug-likeness (QED) is 0.234. The first kappa shape index (κ1) is 21.8. The fourth-order valence-electron chi connectivity index (χ4n) is 3.45. The van der Waals surface area contributed by atoms with Gasteiger partial charge in [0.05, 0.1) is 19.8 Å². The van der Waals surface area contributed by atoms with E-state index in [2.05, 4.69) is 11.7 Å². The molecular formula is C20H37ClO3. The maximum Gasteiger partial charge on any atom is 0.305 e. The van der Waals surface area contributed by atoms with E-state index in [0.29, 0.717) is 18.4 Å². The lowest BCUT2D eigenvalue weighted by Crippen LogP contribution is -2.34. The van der Waals surface area contributed by atoms with Crippen LogP contribution in [0.25, 0.3) is 0 Å². The van der Waals surface area contributed by atoms with Gasteiger partial charge in [-0.1, -0.05) is 58.3 Å². The van der Waals surface area contributed by atoms with E-state index in [4.69, 9.17) is 16.3 Å². The van der Waals surface area contributed by atoms with Gasteiger partial charge < -0.3 is 9.47 Å². The molecule has 1 fully saturated rings. The molecular weight excluding hydrogens is 324 g/mol. The minimum atomic E-state index is -0.0939. The summed E-state index contributed by atoms with van der Waals surface area (Å²) in [6.45, 7) is 3.09. The van der Waals surface area contributed by atoms with Crippen LogP contribution in [-0.4, -0.2) is 31.2 Å². The highest BCUT2D eigenvalue weighted by atomic mass is 35.5. The van der Waals surface area contributed by atoms with Crippen molar-refractivity contribution in [3.05, 3.63) is 0 Å². The summed E-state index contributed by atoms with van der Waals surface area (Å²) < 4.78 is 10.7. The minimum absolute atomic E-state index is 0.0939. The molecule has 0 aliphatic carbocycles. The second-order valence-corrected chi connectivity index (χ2v) is 7.76. The maximum atomic E-state index is 11.0. The van der Waals surface area contributed by atoms with Crippen LogP contribution in [0.5, 0.6) is 0 Å². The third-order valence-corrected chi connectivity index (χ3v) is 5.64. The Morgan fingerprint density at radius 3 is 2.42 bits per heavy atom. The zero-order valence-electron chi connectivity index (χ0n) is 15.7. The zero-order chi connectivity index (χ0) is 17.6. The van der Waals surface area contributed by atoms with Gasteiger partial charge in [-0.2, -0.15) is 0 Å². The zero-order valence-corrected chi connectivity index (χ0v) is 16.5. The number of ether oxygens (including phenoxy) is 2. The predicted molar refractivity (Wildman–Crippen MR) is 101 cm³/mol. The SMILES string of the molecule is CCCCCC[C@H]1C[C@@H](Cl)[C@H](CCCCCCCC(=O)OC)CO1. The summed E-state index contributed by atoms with van der Waals surface area (Å²) in [5.41, 5.74) is 0. The fraction of sp³-hybridized carbons (Fsp3) is 0.950. The number of esters is 1. The van der Waals surface area contributed by atoms with Crippen molar-refractivity contribution in [3.8, 4) is 0 Å². The largest absolute Gasteiger partial charge is 0.469 e. The molecule has 0 aromatic heterocycles. The van der Waals surface area contributed by atoms with E-state index in [1.807, 2.05) is 0 Å². The standard InChI is InChI=1S/C20H37ClO3/c1-3-4-5-10-13-18-15-19(21)17(16-24-18)12-9-7-6-8-11-14-20(22)23-2/h17-19H,3-16H2,1-2H3/t17-,18+,19-/m1/s1. The van der Waals surface area contributed by atoms with E-state index in [9.17, 15) is 4.79 Å². The third-order valence-electron chi connectivity index (χ3n) is 5.11. The van der Waals surface area contributed by atoms with Crippen LogP contribution in [0.1, 0.15) is 90.4 Å². The van der Waals surface area contributed by atoms with Gasteiger partial charge in [-0.25, -0.2) is 0 Å². The Morgan fingerprint density at radius 2 is 1.71 bits per heavy atom. The highest BCUT2D eigenvalue weighted by Gasteiger charge is 2.29. The molecule has 0 unspecified atom stereocenters. The molecule has 0 aromatic rings. The molecule has 1 saturated heterocycles. The van der Waals surface area contributed by atoms with Gasteiger partial charge in [0, 0.05) is 11.8 Å². The topological polar surface area (TPSA) is 35.5 Å². The van der Waals surface area contributed by atoms with E-state index in [1.165, 1.54) is 64.9 Å². The monoisotopic (exact) mass is 360 g/mol. The number of halogens is 1. The van der Waals surface area contributed by atoms with Crippen molar-refractivity contribution >= 4 is 17.6 Å². The van der Waals surface area contributed by atoms with Gasteiger partial charge in [-0.05, 0) is 31.6 Å². The summed E-state index contributed by atoms with van der Waals surface area (Å²) in [6, 6.07) is 0. The Hall–Kier alpha value is -0.280. The number of hydrogen-bond acceptors (Lipinski definition) is 3. The summed E-state index contributed by atoms with van der Waals surface area (Å²) in [4.78, 5) is 11.0. The van der Waals surface area contributed by atoms with Crippen LogP contribution >= 0.6 is 11.6 Å². The molecule has 0 bridgehead atoms. The van der Waals surface area contributed by atoms with Crippen molar-refractivity contribution in [2.45, 2.75) is 102 Å². The van der Waals surface area contributed by atoms with E-state index in [-0.39, 0.29) is 11.3 Å². The lowest BCUT2D eigenvalue weighted by atomic mass is 9.91. The number of hydrogen-bond donors (Lipinski definition) is 0. The van der Waals surface area contributed by atoms with Gasteiger partial charge in [-0.3, -0.25) is 4.79 Å². The maximum absolute atomic E-state index is 11.0. The lowest BCUT2D eigenvalue weighted by Gasteiger charge is -2.33. The molecule has 0 saturated carbocycles. The summed E-state index contributed by atoms with van der Waals surface area (Å²) in [5, 5.41) is 0.286. The molecule has 1 aliphatic rings. The van der Waals surface area contributed by atoms with E-state index < -0.39 is 0 Å². The van der Waals surface area contributed by atoms with E-state index >= 15 is 0 Å². The number of alkyl halides is 1.